The third-order valence-electron chi connectivity index (χ3n) is 3.72. The van der Waals surface area contributed by atoms with Gasteiger partial charge < -0.3 is 15.3 Å². The quantitative estimate of drug-likeness (QED) is 0.791. The first-order chi connectivity index (χ1) is 8.56. The molecule has 1 rings (SSSR count). The molecule has 1 heterocycles. The lowest BCUT2D eigenvalue weighted by atomic mass is 9.95. The van der Waals surface area contributed by atoms with Crippen molar-refractivity contribution < 1.29 is 14.7 Å². The summed E-state index contributed by atoms with van der Waals surface area (Å²) >= 11 is 0. The van der Waals surface area contributed by atoms with Gasteiger partial charge in [-0.1, -0.05) is 20.3 Å². The highest BCUT2D eigenvalue weighted by molar-refractivity contribution is 5.76. The van der Waals surface area contributed by atoms with Gasteiger partial charge in [-0.05, 0) is 25.2 Å². The van der Waals surface area contributed by atoms with E-state index in [0.717, 1.165) is 31.8 Å². The molecule has 0 saturated carbocycles. The lowest BCUT2D eigenvalue weighted by Crippen LogP contribution is -2.48. The van der Waals surface area contributed by atoms with Crippen molar-refractivity contribution in [2.24, 2.45) is 5.92 Å². The van der Waals surface area contributed by atoms with E-state index in [0.29, 0.717) is 6.42 Å². The van der Waals surface area contributed by atoms with Gasteiger partial charge in [0.05, 0.1) is 6.42 Å². The number of urea groups is 1. The Hall–Kier alpha value is -1.26. The zero-order valence-corrected chi connectivity index (χ0v) is 11.3. The van der Waals surface area contributed by atoms with E-state index in [9.17, 15) is 9.59 Å². The number of hydrogen-bond donors (Lipinski definition) is 2. The predicted molar refractivity (Wildman–Crippen MR) is 69.5 cm³/mol. The Balaban J connectivity index is 2.38. The Morgan fingerprint density at radius 1 is 1.33 bits per heavy atom. The highest BCUT2D eigenvalue weighted by atomic mass is 16.4. The van der Waals surface area contributed by atoms with Crippen LogP contribution in [0.25, 0.3) is 0 Å². The summed E-state index contributed by atoms with van der Waals surface area (Å²) in [7, 11) is 0. The first-order valence-electron chi connectivity index (χ1n) is 6.84. The molecule has 104 valence electrons. The standard InChI is InChI=1S/C13H24N2O3/c1-3-10-5-7-15(8-6-10)13(18)14-11(4-2)9-12(16)17/h10-11H,3-9H2,1-2H3,(H,14,18)(H,16,17). The number of rotatable bonds is 5. The minimum Gasteiger partial charge on any atom is -0.481 e. The van der Waals surface area contributed by atoms with Gasteiger partial charge in [0.1, 0.15) is 0 Å². The Morgan fingerprint density at radius 3 is 2.39 bits per heavy atom. The second-order valence-electron chi connectivity index (χ2n) is 4.99. The van der Waals surface area contributed by atoms with Gasteiger partial charge in [-0.3, -0.25) is 4.79 Å². The fraction of sp³-hybridized carbons (Fsp3) is 0.846. The minimum atomic E-state index is -0.869. The van der Waals surface area contributed by atoms with Crippen LogP contribution in [0.2, 0.25) is 0 Å². The van der Waals surface area contributed by atoms with E-state index >= 15 is 0 Å². The molecule has 0 aromatic heterocycles. The normalized spacial score (nSPS) is 18.4. The van der Waals surface area contributed by atoms with Crippen LogP contribution in [0.5, 0.6) is 0 Å². The summed E-state index contributed by atoms with van der Waals surface area (Å²) in [5.74, 6) is -0.137. The number of nitrogens with one attached hydrogen (secondary N) is 1. The van der Waals surface area contributed by atoms with Crippen molar-refractivity contribution in [3.8, 4) is 0 Å². The maximum absolute atomic E-state index is 12.0. The third-order valence-corrected chi connectivity index (χ3v) is 3.72. The van der Waals surface area contributed by atoms with Gasteiger partial charge in [-0.2, -0.15) is 0 Å². The molecule has 1 aliphatic heterocycles. The molecule has 1 aliphatic rings. The largest absolute Gasteiger partial charge is 0.481 e. The zero-order chi connectivity index (χ0) is 13.5. The summed E-state index contributed by atoms with van der Waals surface area (Å²) in [6.07, 6.45) is 3.92. The van der Waals surface area contributed by atoms with E-state index in [-0.39, 0.29) is 18.5 Å². The number of carbonyl (C=O) groups is 2. The molecule has 0 bridgehead atoms. The summed E-state index contributed by atoms with van der Waals surface area (Å²) < 4.78 is 0. The number of nitrogens with zero attached hydrogens (tertiary/aromatic N) is 1. The van der Waals surface area contributed by atoms with Crippen LogP contribution in [0, 0.1) is 5.92 Å². The molecular formula is C13H24N2O3. The molecule has 0 spiro atoms. The smallest absolute Gasteiger partial charge is 0.317 e. The molecule has 18 heavy (non-hydrogen) atoms. The van der Waals surface area contributed by atoms with E-state index in [1.165, 1.54) is 6.42 Å². The van der Waals surface area contributed by atoms with Crippen molar-refractivity contribution in [1.29, 1.82) is 0 Å². The number of carboxylic acids is 1. The number of carbonyl (C=O) groups excluding carboxylic acids is 1. The molecule has 0 aliphatic carbocycles. The molecule has 5 heteroatoms. The molecule has 0 aromatic carbocycles. The second-order valence-corrected chi connectivity index (χ2v) is 4.99. The van der Waals surface area contributed by atoms with Crippen LogP contribution in [0.4, 0.5) is 4.79 Å². The van der Waals surface area contributed by atoms with Gasteiger partial charge in [-0.15, -0.1) is 0 Å². The highest BCUT2D eigenvalue weighted by Gasteiger charge is 2.23. The second kappa shape index (κ2) is 7.24. The molecule has 0 radical (unpaired) electrons. The number of carboxylic acid groups (broad SMARTS) is 1. The number of piperidine rings is 1. The Kier molecular flexibility index (Phi) is 5.95. The van der Waals surface area contributed by atoms with Crippen LogP contribution in [-0.4, -0.2) is 41.1 Å². The maximum atomic E-state index is 12.0. The molecule has 1 unspecified atom stereocenters. The van der Waals surface area contributed by atoms with E-state index in [1.807, 2.05) is 6.92 Å². The van der Waals surface area contributed by atoms with Gasteiger partial charge in [0.2, 0.25) is 0 Å². The Labute approximate surface area is 109 Å². The van der Waals surface area contributed by atoms with Crippen molar-refractivity contribution >= 4 is 12.0 Å². The lowest BCUT2D eigenvalue weighted by molar-refractivity contribution is -0.137. The van der Waals surface area contributed by atoms with Crippen molar-refractivity contribution in [2.75, 3.05) is 13.1 Å². The average Bonchev–Trinajstić information content (AvgIpc) is 2.37. The maximum Gasteiger partial charge on any atom is 0.317 e. The molecule has 1 fully saturated rings. The molecule has 2 N–H and O–H groups in total. The van der Waals surface area contributed by atoms with Gasteiger partial charge >= 0.3 is 12.0 Å². The highest BCUT2D eigenvalue weighted by Crippen LogP contribution is 2.19. The van der Waals surface area contributed by atoms with Crippen molar-refractivity contribution in [1.82, 2.24) is 10.2 Å². The summed E-state index contributed by atoms with van der Waals surface area (Å²) in [6, 6.07) is -0.378. The fourth-order valence-corrected chi connectivity index (χ4v) is 2.32. The van der Waals surface area contributed by atoms with Crippen LogP contribution in [0.15, 0.2) is 0 Å². The van der Waals surface area contributed by atoms with Crippen LogP contribution >= 0.6 is 0 Å². The van der Waals surface area contributed by atoms with E-state index in [2.05, 4.69) is 12.2 Å². The van der Waals surface area contributed by atoms with Gasteiger partial charge in [0.15, 0.2) is 0 Å². The summed E-state index contributed by atoms with van der Waals surface area (Å²) in [6.45, 7) is 5.64. The first-order valence-corrected chi connectivity index (χ1v) is 6.84. The van der Waals surface area contributed by atoms with Gasteiger partial charge in [0.25, 0.3) is 0 Å². The minimum absolute atomic E-state index is 0.00628. The number of aliphatic carboxylic acids is 1. The molecule has 2 amide bonds. The molecule has 1 atom stereocenters. The molecule has 0 aromatic rings. The first kappa shape index (κ1) is 14.8. The SMILES string of the molecule is CCC1CCN(C(=O)NC(CC)CC(=O)O)CC1. The Bertz CT molecular complexity index is 286. The van der Waals surface area contributed by atoms with Crippen molar-refractivity contribution in [3.63, 3.8) is 0 Å². The number of likely N-dealkylation sites (tertiary alicyclic amines) is 1. The summed E-state index contributed by atoms with van der Waals surface area (Å²) in [4.78, 5) is 24.4. The predicted octanol–water partition coefficient (Wildman–Crippen LogP) is 2.07. The average molecular weight is 256 g/mol. The van der Waals surface area contributed by atoms with Crippen LogP contribution < -0.4 is 5.32 Å². The van der Waals surface area contributed by atoms with E-state index in [1.54, 1.807) is 4.90 Å². The monoisotopic (exact) mass is 256 g/mol. The lowest BCUT2D eigenvalue weighted by Gasteiger charge is -2.32. The molecule has 1 saturated heterocycles. The number of amides is 2. The number of hydrogen-bond acceptors (Lipinski definition) is 2. The van der Waals surface area contributed by atoms with Gasteiger partial charge in [-0.25, -0.2) is 4.79 Å². The Morgan fingerprint density at radius 2 is 1.94 bits per heavy atom. The van der Waals surface area contributed by atoms with Gasteiger partial charge in [0, 0.05) is 19.1 Å². The van der Waals surface area contributed by atoms with Crippen LogP contribution in [-0.2, 0) is 4.79 Å². The van der Waals surface area contributed by atoms with Crippen molar-refractivity contribution in [3.05, 3.63) is 0 Å². The summed E-state index contributed by atoms with van der Waals surface area (Å²) in [5, 5.41) is 11.5. The zero-order valence-electron chi connectivity index (χ0n) is 11.3. The molecular weight excluding hydrogens is 232 g/mol. The third kappa shape index (κ3) is 4.55. The van der Waals surface area contributed by atoms with Crippen LogP contribution in [0.1, 0.15) is 46.0 Å². The topological polar surface area (TPSA) is 69.6 Å². The van der Waals surface area contributed by atoms with Crippen LogP contribution in [0.3, 0.4) is 0 Å². The van der Waals surface area contributed by atoms with E-state index < -0.39 is 5.97 Å². The summed E-state index contributed by atoms with van der Waals surface area (Å²) in [5.41, 5.74) is 0. The van der Waals surface area contributed by atoms with Crippen molar-refractivity contribution in [2.45, 2.75) is 52.0 Å². The van der Waals surface area contributed by atoms with E-state index in [4.69, 9.17) is 5.11 Å². The molecule has 5 nitrogen and oxygen atoms in total. The fourth-order valence-electron chi connectivity index (χ4n) is 2.32.